The zero-order valence-electron chi connectivity index (χ0n) is 16.8. The molecule has 0 bridgehead atoms. The number of fused-ring (bicyclic) bond motifs is 1. The van der Waals surface area contributed by atoms with Gasteiger partial charge in [0, 0.05) is 54.7 Å². The second-order valence-corrected chi connectivity index (χ2v) is 8.49. The zero-order valence-corrected chi connectivity index (χ0v) is 18.3. The van der Waals surface area contributed by atoms with Crippen LogP contribution in [-0.2, 0) is 4.79 Å². The van der Waals surface area contributed by atoms with E-state index in [-0.39, 0.29) is 11.8 Å². The minimum atomic E-state index is 0.157. The summed E-state index contributed by atoms with van der Waals surface area (Å²) in [5.41, 5.74) is 2.97. The van der Waals surface area contributed by atoms with Crippen LogP contribution < -0.4 is 9.64 Å². The van der Waals surface area contributed by atoms with Crippen molar-refractivity contribution in [3.05, 3.63) is 28.4 Å². The van der Waals surface area contributed by atoms with Crippen LogP contribution in [0.4, 0.5) is 5.69 Å². The molecule has 0 unspecified atom stereocenters. The van der Waals surface area contributed by atoms with Crippen LogP contribution >= 0.6 is 15.9 Å². The number of nitrogens with zero attached hydrogens (tertiary/aromatic N) is 3. The standard InChI is InChI=1S/C21H28BrN3O2/c1-13-10-17(22)16-11-19(20(27-5)12-18(16)23-13)25(4)15-8-6-14(7-9-15)21(26)24(2)3/h10-12,14-15H,6-9H2,1-5H3. The summed E-state index contributed by atoms with van der Waals surface area (Å²) in [6, 6.07) is 6.61. The van der Waals surface area contributed by atoms with Gasteiger partial charge in [-0.2, -0.15) is 0 Å². The quantitative estimate of drug-likeness (QED) is 0.716. The minimum absolute atomic E-state index is 0.157. The lowest BCUT2D eigenvalue weighted by Crippen LogP contribution is -2.39. The van der Waals surface area contributed by atoms with Gasteiger partial charge in [0.25, 0.3) is 0 Å². The number of aryl methyl sites for hydroxylation is 1. The maximum atomic E-state index is 12.2. The van der Waals surface area contributed by atoms with E-state index in [4.69, 9.17) is 4.74 Å². The lowest BCUT2D eigenvalue weighted by atomic mass is 9.84. The van der Waals surface area contributed by atoms with Gasteiger partial charge in [-0.05, 0) is 44.7 Å². The molecule has 0 aliphatic heterocycles. The monoisotopic (exact) mass is 433 g/mol. The Morgan fingerprint density at radius 3 is 2.41 bits per heavy atom. The number of amides is 1. The average Bonchev–Trinajstić information content (AvgIpc) is 2.65. The molecule has 1 aliphatic rings. The lowest BCUT2D eigenvalue weighted by molar-refractivity contribution is -0.134. The van der Waals surface area contributed by atoms with E-state index in [0.717, 1.165) is 58.2 Å². The zero-order chi connectivity index (χ0) is 19.7. The highest BCUT2D eigenvalue weighted by atomic mass is 79.9. The third kappa shape index (κ3) is 4.05. The van der Waals surface area contributed by atoms with Gasteiger partial charge in [0.2, 0.25) is 5.91 Å². The first-order valence-electron chi connectivity index (χ1n) is 9.40. The number of benzene rings is 1. The van der Waals surface area contributed by atoms with Crippen molar-refractivity contribution in [2.75, 3.05) is 33.2 Å². The molecule has 0 saturated heterocycles. The normalized spacial score (nSPS) is 19.8. The molecule has 6 heteroatoms. The van der Waals surface area contributed by atoms with E-state index in [0.29, 0.717) is 6.04 Å². The number of pyridine rings is 1. The molecule has 2 aromatic rings. The molecule has 0 spiro atoms. The molecule has 3 rings (SSSR count). The molecule has 1 aliphatic carbocycles. The number of ether oxygens (including phenoxy) is 1. The van der Waals surface area contributed by atoms with Crippen LogP contribution in [0, 0.1) is 12.8 Å². The molecular formula is C21H28BrN3O2. The number of hydrogen-bond acceptors (Lipinski definition) is 4. The van der Waals surface area contributed by atoms with Crippen LogP contribution in [0.5, 0.6) is 5.75 Å². The van der Waals surface area contributed by atoms with Gasteiger partial charge in [-0.25, -0.2) is 0 Å². The molecule has 1 fully saturated rings. The van der Waals surface area contributed by atoms with Gasteiger partial charge < -0.3 is 14.5 Å². The van der Waals surface area contributed by atoms with Gasteiger partial charge in [-0.15, -0.1) is 0 Å². The Morgan fingerprint density at radius 1 is 1.15 bits per heavy atom. The lowest BCUT2D eigenvalue weighted by Gasteiger charge is -2.36. The summed E-state index contributed by atoms with van der Waals surface area (Å²) < 4.78 is 6.72. The third-order valence-corrected chi connectivity index (χ3v) is 6.26. The van der Waals surface area contributed by atoms with Crippen molar-refractivity contribution < 1.29 is 9.53 Å². The highest BCUT2D eigenvalue weighted by Gasteiger charge is 2.30. The maximum absolute atomic E-state index is 12.2. The predicted molar refractivity (Wildman–Crippen MR) is 114 cm³/mol. The number of carbonyl (C=O) groups excluding carboxylic acids is 1. The van der Waals surface area contributed by atoms with Crippen LogP contribution in [0.3, 0.4) is 0 Å². The van der Waals surface area contributed by atoms with E-state index >= 15 is 0 Å². The van der Waals surface area contributed by atoms with Crippen LogP contribution in [-0.4, -0.2) is 50.1 Å². The first-order valence-corrected chi connectivity index (χ1v) is 10.2. The minimum Gasteiger partial charge on any atom is -0.495 e. The summed E-state index contributed by atoms with van der Waals surface area (Å²) in [4.78, 5) is 20.9. The molecule has 1 saturated carbocycles. The fourth-order valence-corrected chi connectivity index (χ4v) is 4.68. The number of hydrogen-bond donors (Lipinski definition) is 0. The van der Waals surface area contributed by atoms with Gasteiger partial charge in [0.1, 0.15) is 5.75 Å². The van der Waals surface area contributed by atoms with Crippen molar-refractivity contribution in [1.29, 1.82) is 0 Å². The Hall–Kier alpha value is -1.82. The molecule has 0 radical (unpaired) electrons. The topological polar surface area (TPSA) is 45.7 Å². The summed E-state index contributed by atoms with van der Waals surface area (Å²) in [6.45, 7) is 1.99. The number of halogens is 1. The van der Waals surface area contributed by atoms with Crippen LogP contribution in [0.15, 0.2) is 22.7 Å². The Bertz CT molecular complexity index is 845. The molecule has 1 aromatic carbocycles. The van der Waals surface area contributed by atoms with Crippen molar-refractivity contribution in [2.45, 2.75) is 38.6 Å². The van der Waals surface area contributed by atoms with Crippen molar-refractivity contribution in [3.8, 4) is 5.75 Å². The van der Waals surface area contributed by atoms with E-state index in [1.807, 2.05) is 33.2 Å². The number of aromatic nitrogens is 1. The second-order valence-electron chi connectivity index (χ2n) is 7.64. The smallest absolute Gasteiger partial charge is 0.225 e. The number of anilines is 1. The van der Waals surface area contributed by atoms with E-state index in [9.17, 15) is 4.79 Å². The van der Waals surface area contributed by atoms with E-state index in [1.165, 1.54) is 0 Å². The summed E-state index contributed by atoms with van der Waals surface area (Å²) in [7, 11) is 7.51. The van der Waals surface area contributed by atoms with Gasteiger partial charge in [0.15, 0.2) is 0 Å². The van der Waals surface area contributed by atoms with Crippen molar-refractivity contribution >= 4 is 38.4 Å². The molecule has 27 heavy (non-hydrogen) atoms. The summed E-state index contributed by atoms with van der Waals surface area (Å²) in [5, 5.41) is 1.08. The van der Waals surface area contributed by atoms with Gasteiger partial charge in [-0.1, -0.05) is 15.9 Å². The fraction of sp³-hybridized carbons (Fsp3) is 0.524. The van der Waals surface area contributed by atoms with E-state index < -0.39 is 0 Å². The second kappa shape index (κ2) is 8.05. The van der Waals surface area contributed by atoms with Crippen molar-refractivity contribution in [1.82, 2.24) is 9.88 Å². The first-order chi connectivity index (χ1) is 12.8. The molecule has 1 aromatic heterocycles. The molecule has 0 atom stereocenters. The molecule has 146 valence electrons. The Morgan fingerprint density at radius 2 is 1.81 bits per heavy atom. The largest absolute Gasteiger partial charge is 0.495 e. The highest BCUT2D eigenvalue weighted by molar-refractivity contribution is 9.10. The summed E-state index contributed by atoms with van der Waals surface area (Å²) in [6.07, 6.45) is 3.89. The number of methoxy groups -OCH3 is 1. The maximum Gasteiger partial charge on any atom is 0.225 e. The first kappa shape index (κ1) is 19.9. The predicted octanol–water partition coefficient (Wildman–Crippen LogP) is 4.40. The van der Waals surface area contributed by atoms with Crippen molar-refractivity contribution in [3.63, 3.8) is 0 Å². The number of rotatable bonds is 4. The van der Waals surface area contributed by atoms with E-state index in [1.54, 1.807) is 12.0 Å². The van der Waals surface area contributed by atoms with Crippen LogP contribution in [0.2, 0.25) is 0 Å². The van der Waals surface area contributed by atoms with Gasteiger partial charge >= 0.3 is 0 Å². The molecule has 1 heterocycles. The molecule has 1 amide bonds. The Balaban J connectivity index is 1.85. The van der Waals surface area contributed by atoms with Gasteiger partial charge in [0.05, 0.1) is 18.3 Å². The number of carbonyl (C=O) groups is 1. The summed E-state index contributed by atoms with van der Waals surface area (Å²) in [5.74, 6) is 1.25. The Kier molecular flexibility index (Phi) is 5.94. The van der Waals surface area contributed by atoms with Crippen molar-refractivity contribution in [2.24, 2.45) is 5.92 Å². The molecular weight excluding hydrogens is 406 g/mol. The molecule has 5 nitrogen and oxygen atoms in total. The SMILES string of the molecule is COc1cc2nc(C)cc(Br)c2cc1N(C)C1CCC(C(=O)N(C)C)CC1. The van der Waals surface area contributed by atoms with Gasteiger partial charge in [-0.3, -0.25) is 9.78 Å². The van der Waals surface area contributed by atoms with Crippen LogP contribution in [0.1, 0.15) is 31.4 Å². The van der Waals surface area contributed by atoms with Crippen LogP contribution in [0.25, 0.3) is 10.9 Å². The average molecular weight is 434 g/mol. The fourth-order valence-electron chi connectivity index (χ4n) is 4.04. The third-order valence-electron chi connectivity index (χ3n) is 5.60. The highest BCUT2D eigenvalue weighted by Crippen LogP contribution is 2.38. The Labute approximate surface area is 169 Å². The van der Waals surface area contributed by atoms with E-state index in [2.05, 4.69) is 38.9 Å². The molecule has 0 N–H and O–H groups in total. The summed E-state index contributed by atoms with van der Waals surface area (Å²) >= 11 is 3.67.